The van der Waals surface area contributed by atoms with Gasteiger partial charge < -0.3 is 19.9 Å². The number of amides is 1. The van der Waals surface area contributed by atoms with Crippen LogP contribution >= 0.6 is 0 Å². The highest BCUT2D eigenvalue weighted by atomic mass is 16.5. The second-order valence-electron chi connectivity index (χ2n) is 7.83. The summed E-state index contributed by atoms with van der Waals surface area (Å²) in [5.41, 5.74) is 2.55. The maximum Gasteiger partial charge on any atom is 0.337 e. The summed E-state index contributed by atoms with van der Waals surface area (Å²) in [6.07, 6.45) is 0. The number of carbonyl (C=O) groups excluding carboxylic acids is 2. The number of methoxy groups -OCH3 is 1. The fourth-order valence-electron chi connectivity index (χ4n) is 4.10. The lowest BCUT2D eigenvalue weighted by Gasteiger charge is -2.34. The summed E-state index contributed by atoms with van der Waals surface area (Å²) < 4.78 is 4.87. The predicted molar refractivity (Wildman–Crippen MR) is 123 cm³/mol. The first-order valence-corrected chi connectivity index (χ1v) is 10.7. The SMILES string of the molecule is CC[NH+]1CCN(c2ccc(C(=O)OC)cc2NC(=O)c2ccc3ccccc3c2)CC1. The first-order valence-electron chi connectivity index (χ1n) is 10.7. The van der Waals surface area contributed by atoms with Crippen molar-refractivity contribution in [3.63, 3.8) is 0 Å². The van der Waals surface area contributed by atoms with Crippen LogP contribution in [0.4, 0.5) is 11.4 Å². The van der Waals surface area contributed by atoms with Crippen molar-refractivity contribution in [2.24, 2.45) is 0 Å². The molecule has 160 valence electrons. The van der Waals surface area contributed by atoms with E-state index in [2.05, 4.69) is 17.1 Å². The van der Waals surface area contributed by atoms with Crippen LogP contribution in [0, 0.1) is 0 Å². The zero-order valence-corrected chi connectivity index (χ0v) is 18.0. The van der Waals surface area contributed by atoms with Crippen LogP contribution in [0.25, 0.3) is 10.8 Å². The van der Waals surface area contributed by atoms with Gasteiger partial charge in [0.25, 0.3) is 5.91 Å². The number of nitrogens with zero attached hydrogens (tertiary/aromatic N) is 1. The maximum atomic E-state index is 13.1. The zero-order chi connectivity index (χ0) is 21.8. The van der Waals surface area contributed by atoms with Crippen LogP contribution in [0.15, 0.2) is 60.7 Å². The molecule has 3 aromatic rings. The Hall–Kier alpha value is -3.38. The molecule has 6 heteroatoms. The molecule has 0 saturated carbocycles. The van der Waals surface area contributed by atoms with E-state index in [1.54, 1.807) is 17.0 Å². The number of quaternary nitrogens is 1. The molecule has 6 nitrogen and oxygen atoms in total. The van der Waals surface area contributed by atoms with E-state index >= 15 is 0 Å². The fourth-order valence-corrected chi connectivity index (χ4v) is 4.10. The molecule has 0 unspecified atom stereocenters. The largest absolute Gasteiger partial charge is 0.465 e. The molecule has 0 radical (unpaired) electrons. The van der Waals surface area contributed by atoms with Crippen LogP contribution < -0.4 is 15.1 Å². The number of carbonyl (C=O) groups is 2. The Morgan fingerprint density at radius 2 is 1.68 bits per heavy atom. The van der Waals surface area contributed by atoms with Gasteiger partial charge in [-0.3, -0.25) is 4.79 Å². The number of piperazine rings is 1. The summed E-state index contributed by atoms with van der Waals surface area (Å²) in [5, 5.41) is 5.14. The second kappa shape index (κ2) is 9.18. The molecule has 0 atom stereocenters. The van der Waals surface area contributed by atoms with Crippen molar-refractivity contribution in [1.29, 1.82) is 0 Å². The standard InChI is InChI=1S/C25H27N3O3/c1-3-27-12-14-28(15-13-27)23-11-10-21(25(30)31-2)17-22(23)26-24(29)20-9-8-18-6-4-5-7-19(18)16-20/h4-11,16-17H,3,12-15H2,1-2H3,(H,26,29)/p+1. The summed E-state index contributed by atoms with van der Waals surface area (Å²) in [7, 11) is 1.36. The number of benzene rings is 3. The third-order valence-corrected chi connectivity index (χ3v) is 5.99. The number of anilines is 2. The molecule has 31 heavy (non-hydrogen) atoms. The van der Waals surface area contributed by atoms with Crippen molar-refractivity contribution in [3.8, 4) is 0 Å². The molecule has 1 fully saturated rings. The van der Waals surface area contributed by atoms with Gasteiger partial charge in [0, 0.05) is 5.56 Å². The van der Waals surface area contributed by atoms with Gasteiger partial charge in [0.1, 0.15) is 0 Å². The summed E-state index contributed by atoms with van der Waals surface area (Å²) >= 11 is 0. The lowest BCUT2D eigenvalue weighted by atomic mass is 10.1. The van der Waals surface area contributed by atoms with E-state index in [-0.39, 0.29) is 5.91 Å². The van der Waals surface area contributed by atoms with Gasteiger partial charge in [0.2, 0.25) is 0 Å². The normalized spacial score (nSPS) is 14.5. The number of rotatable bonds is 5. The molecular formula is C25H28N3O3+. The minimum atomic E-state index is -0.423. The van der Waals surface area contributed by atoms with Gasteiger partial charge in [-0.05, 0) is 48.0 Å². The molecule has 1 saturated heterocycles. The van der Waals surface area contributed by atoms with E-state index in [4.69, 9.17) is 4.74 Å². The van der Waals surface area contributed by atoms with Crippen molar-refractivity contribution in [1.82, 2.24) is 0 Å². The first-order chi connectivity index (χ1) is 15.1. The molecule has 0 spiro atoms. The Labute approximate surface area is 182 Å². The minimum absolute atomic E-state index is 0.202. The summed E-state index contributed by atoms with van der Waals surface area (Å²) in [6.45, 7) is 7.21. The third-order valence-electron chi connectivity index (χ3n) is 5.99. The number of nitrogens with one attached hydrogen (secondary N) is 2. The molecule has 1 aliphatic heterocycles. The Morgan fingerprint density at radius 1 is 0.968 bits per heavy atom. The Balaban J connectivity index is 1.63. The van der Waals surface area contributed by atoms with Gasteiger partial charge >= 0.3 is 5.97 Å². The van der Waals surface area contributed by atoms with Crippen molar-refractivity contribution in [2.75, 3.05) is 50.1 Å². The van der Waals surface area contributed by atoms with Gasteiger partial charge in [-0.2, -0.15) is 0 Å². The predicted octanol–water partition coefficient (Wildman–Crippen LogP) is 2.60. The molecule has 0 aromatic heterocycles. The lowest BCUT2D eigenvalue weighted by Crippen LogP contribution is -3.14. The average molecular weight is 419 g/mol. The smallest absolute Gasteiger partial charge is 0.337 e. The van der Waals surface area contributed by atoms with E-state index in [0.717, 1.165) is 49.2 Å². The van der Waals surface area contributed by atoms with Gasteiger partial charge in [-0.1, -0.05) is 30.3 Å². The monoisotopic (exact) mass is 418 g/mol. The highest BCUT2D eigenvalue weighted by Crippen LogP contribution is 2.29. The molecule has 0 aliphatic carbocycles. The van der Waals surface area contributed by atoms with Crippen LogP contribution in [0.2, 0.25) is 0 Å². The zero-order valence-electron chi connectivity index (χ0n) is 18.0. The van der Waals surface area contributed by atoms with Crippen molar-refractivity contribution < 1.29 is 19.2 Å². The number of esters is 1. The van der Waals surface area contributed by atoms with Crippen LogP contribution in [0.5, 0.6) is 0 Å². The summed E-state index contributed by atoms with van der Waals surface area (Å²) in [6, 6.07) is 19.0. The minimum Gasteiger partial charge on any atom is -0.465 e. The third kappa shape index (κ3) is 4.54. The summed E-state index contributed by atoms with van der Waals surface area (Å²) in [5.74, 6) is -0.625. The van der Waals surface area contributed by atoms with E-state index in [1.807, 2.05) is 48.5 Å². The number of hydrogen-bond donors (Lipinski definition) is 2. The molecule has 4 rings (SSSR count). The summed E-state index contributed by atoms with van der Waals surface area (Å²) in [4.78, 5) is 29.0. The Bertz CT molecular complexity index is 1100. The van der Waals surface area contributed by atoms with Crippen LogP contribution in [-0.2, 0) is 4.74 Å². The molecule has 2 N–H and O–H groups in total. The molecule has 3 aromatic carbocycles. The van der Waals surface area contributed by atoms with Gasteiger partial charge in [0.05, 0.1) is 56.8 Å². The highest BCUT2D eigenvalue weighted by molar-refractivity contribution is 6.08. The van der Waals surface area contributed by atoms with Crippen molar-refractivity contribution in [2.45, 2.75) is 6.92 Å². The first kappa shape index (κ1) is 20.9. The van der Waals surface area contributed by atoms with Crippen LogP contribution in [0.1, 0.15) is 27.6 Å². The van der Waals surface area contributed by atoms with Crippen molar-refractivity contribution >= 4 is 34.0 Å². The molecule has 1 amide bonds. The van der Waals surface area contributed by atoms with E-state index < -0.39 is 5.97 Å². The molecular weight excluding hydrogens is 390 g/mol. The number of hydrogen-bond acceptors (Lipinski definition) is 4. The fraction of sp³-hybridized carbons (Fsp3) is 0.280. The van der Waals surface area contributed by atoms with Crippen molar-refractivity contribution in [3.05, 3.63) is 71.8 Å². The number of likely N-dealkylation sites (N-methyl/N-ethyl adjacent to an activating group) is 1. The Kier molecular flexibility index (Phi) is 6.18. The lowest BCUT2D eigenvalue weighted by molar-refractivity contribution is -0.898. The maximum absolute atomic E-state index is 13.1. The molecule has 1 aliphatic rings. The van der Waals surface area contributed by atoms with Crippen LogP contribution in [-0.4, -0.2) is 51.7 Å². The van der Waals surface area contributed by atoms with E-state index in [0.29, 0.717) is 16.8 Å². The number of ether oxygens (including phenoxy) is 1. The van der Waals surface area contributed by atoms with Crippen LogP contribution in [0.3, 0.4) is 0 Å². The molecule has 0 bridgehead atoms. The Morgan fingerprint density at radius 3 is 2.39 bits per heavy atom. The van der Waals surface area contributed by atoms with Gasteiger partial charge in [-0.25, -0.2) is 4.79 Å². The average Bonchev–Trinajstić information content (AvgIpc) is 2.83. The quantitative estimate of drug-likeness (QED) is 0.626. The topological polar surface area (TPSA) is 63.1 Å². The van der Waals surface area contributed by atoms with Gasteiger partial charge in [-0.15, -0.1) is 0 Å². The second-order valence-corrected chi connectivity index (χ2v) is 7.83. The molecule has 1 heterocycles. The van der Waals surface area contributed by atoms with E-state index in [1.165, 1.54) is 7.11 Å². The highest BCUT2D eigenvalue weighted by Gasteiger charge is 2.22. The van der Waals surface area contributed by atoms with Gasteiger partial charge in [0.15, 0.2) is 0 Å². The van der Waals surface area contributed by atoms with E-state index in [9.17, 15) is 9.59 Å². The number of fused-ring (bicyclic) bond motifs is 1.